The highest BCUT2D eigenvalue weighted by atomic mass is 16.4. The Bertz CT molecular complexity index is 1120. The van der Waals surface area contributed by atoms with E-state index < -0.39 is 60.2 Å². The van der Waals surface area contributed by atoms with Crippen molar-refractivity contribution in [2.24, 2.45) is 17.2 Å². The summed E-state index contributed by atoms with van der Waals surface area (Å²) in [7, 11) is 0. The lowest BCUT2D eigenvalue weighted by molar-refractivity contribution is -0.142. The second-order valence-electron chi connectivity index (χ2n) is 8.82. The molecule has 0 bridgehead atoms. The third kappa shape index (κ3) is 8.88. The summed E-state index contributed by atoms with van der Waals surface area (Å²) >= 11 is 0. The van der Waals surface area contributed by atoms with Gasteiger partial charge in [-0.15, -0.1) is 0 Å². The summed E-state index contributed by atoms with van der Waals surface area (Å²) in [4.78, 5) is 64.5. The molecule has 0 aliphatic carbocycles. The van der Waals surface area contributed by atoms with Crippen molar-refractivity contribution in [1.82, 2.24) is 20.9 Å². The average Bonchev–Trinajstić information content (AvgIpc) is 3.25. The number of hydrogen-bond donors (Lipinski definition) is 8. The third-order valence-electron chi connectivity index (χ3n) is 5.81. The number of aromatic nitrogens is 1. The molecule has 37 heavy (non-hydrogen) atoms. The molecule has 0 saturated heterocycles. The maximum atomic E-state index is 13.3. The number of nitrogens with one attached hydrogen (secondary N) is 4. The van der Waals surface area contributed by atoms with E-state index in [1.807, 2.05) is 24.3 Å². The van der Waals surface area contributed by atoms with Crippen molar-refractivity contribution in [2.45, 2.75) is 63.2 Å². The quantitative estimate of drug-likeness (QED) is 0.130. The van der Waals surface area contributed by atoms with Crippen LogP contribution in [-0.2, 0) is 30.4 Å². The van der Waals surface area contributed by atoms with Gasteiger partial charge in [-0.3, -0.25) is 24.0 Å². The number of rotatable bonds is 15. The van der Waals surface area contributed by atoms with Crippen molar-refractivity contribution in [3.05, 3.63) is 36.0 Å². The monoisotopic (exact) mass is 517 g/mol. The van der Waals surface area contributed by atoms with Crippen LogP contribution in [0.5, 0.6) is 0 Å². The van der Waals surface area contributed by atoms with Gasteiger partial charge in [0.15, 0.2) is 0 Å². The fraction of sp³-hybridized carbons (Fsp3) is 0.458. The molecule has 4 unspecified atom stereocenters. The first-order valence-electron chi connectivity index (χ1n) is 12.0. The van der Waals surface area contributed by atoms with Gasteiger partial charge in [0.25, 0.3) is 0 Å². The molecule has 0 radical (unpaired) electrons. The summed E-state index contributed by atoms with van der Waals surface area (Å²) < 4.78 is 0. The van der Waals surface area contributed by atoms with Crippen molar-refractivity contribution in [2.75, 3.05) is 6.54 Å². The molecule has 0 fully saturated rings. The largest absolute Gasteiger partial charge is 0.480 e. The number of unbranched alkanes of at least 4 members (excludes halogenated alkanes) is 1. The fourth-order valence-corrected chi connectivity index (χ4v) is 3.71. The Morgan fingerprint density at radius 3 is 2.27 bits per heavy atom. The van der Waals surface area contributed by atoms with Gasteiger partial charge in [0, 0.05) is 23.5 Å². The molecule has 1 aromatic heterocycles. The lowest BCUT2D eigenvalue weighted by Gasteiger charge is -2.24. The van der Waals surface area contributed by atoms with E-state index in [2.05, 4.69) is 20.9 Å². The minimum atomic E-state index is -1.45. The van der Waals surface area contributed by atoms with Crippen LogP contribution in [-0.4, -0.2) is 70.4 Å². The van der Waals surface area contributed by atoms with E-state index in [0.29, 0.717) is 25.8 Å². The van der Waals surface area contributed by atoms with Gasteiger partial charge in [-0.1, -0.05) is 24.6 Å². The molecule has 2 aromatic rings. The number of benzene rings is 1. The van der Waals surface area contributed by atoms with Crippen molar-refractivity contribution in [1.29, 1.82) is 0 Å². The average molecular weight is 518 g/mol. The number of primary amides is 1. The van der Waals surface area contributed by atoms with Crippen molar-refractivity contribution >= 4 is 40.5 Å². The smallest absolute Gasteiger partial charge is 0.325 e. The van der Waals surface area contributed by atoms with Gasteiger partial charge >= 0.3 is 5.97 Å². The van der Waals surface area contributed by atoms with Crippen LogP contribution in [0.1, 0.15) is 38.2 Å². The maximum absolute atomic E-state index is 13.3. The summed E-state index contributed by atoms with van der Waals surface area (Å²) in [5, 5.41) is 17.2. The van der Waals surface area contributed by atoms with Gasteiger partial charge < -0.3 is 43.2 Å². The first-order valence-corrected chi connectivity index (χ1v) is 12.0. The Balaban J connectivity index is 2.26. The normalized spacial score (nSPS) is 14.2. The topological polar surface area (TPSA) is 236 Å². The maximum Gasteiger partial charge on any atom is 0.325 e. The number of carboxylic acids is 1. The van der Waals surface area contributed by atoms with Crippen LogP contribution in [0.4, 0.5) is 0 Å². The lowest BCUT2D eigenvalue weighted by Crippen LogP contribution is -2.58. The van der Waals surface area contributed by atoms with Crippen LogP contribution in [0.2, 0.25) is 0 Å². The van der Waals surface area contributed by atoms with Crippen LogP contribution < -0.4 is 33.2 Å². The third-order valence-corrected chi connectivity index (χ3v) is 5.81. The zero-order chi connectivity index (χ0) is 27.5. The second-order valence-corrected chi connectivity index (χ2v) is 8.82. The van der Waals surface area contributed by atoms with Crippen LogP contribution >= 0.6 is 0 Å². The Morgan fingerprint density at radius 1 is 0.973 bits per heavy atom. The number of nitrogens with two attached hydrogens (primary N) is 3. The number of carboxylic acid groups (broad SMARTS) is 1. The van der Waals surface area contributed by atoms with E-state index in [4.69, 9.17) is 22.3 Å². The Kier molecular flexibility index (Phi) is 11.0. The standard InChI is InChI=1S/C24H35N7O6/c1-13(24(36)37)29-22(34)19(11-20(27)32)31-23(35)18(30-21(33)16(26)7-4-5-9-25)10-14-12-28-17-8-3-2-6-15(14)17/h2-3,6,8,12-13,16,18-19,28H,4-5,7,9-11,25-26H2,1H3,(H2,27,32)(H,29,34)(H,30,33)(H,31,35)(H,36,37). The molecular formula is C24H35N7O6. The molecule has 0 aliphatic rings. The van der Waals surface area contributed by atoms with Gasteiger partial charge in [-0.25, -0.2) is 0 Å². The summed E-state index contributed by atoms with van der Waals surface area (Å²) in [5.41, 5.74) is 18.3. The Hall–Kier alpha value is -3.97. The van der Waals surface area contributed by atoms with E-state index >= 15 is 0 Å². The second kappa shape index (κ2) is 13.9. The Labute approximate surface area is 213 Å². The van der Waals surface area contributed by atoms with Crippen molar-refractivity contribution < 1.29 is 29.1 Å². The number of carbonyl (C=O) groups is 5. The first-order chi connectivity index (χ1) is 17.5. The highest BCUT2D eigenvalue weighted by Gasteiger charge is 2.31. The number of H-pyrrole nitrogens is 1. The molecule has 1 aromatic carbocycles. The molecule has 13 nitrogen and oxygen atoms in total. The highest BCUT2D eigenvalue weighted by molar-refractivity contribution is 5.96. The van der Waals surface area contributed by atoms with Gasteiger partial charge in [-0.05, 0) is 37.9 Å². The van der Waals surface area contributed by atoms with E-state index in [-0.39, 0.29) is 6.42 Å². The molecule has 2 rings (SSSR count). The molecule has 202 valence electrons. The predicted octanol–water partition coefficient (Wildman–Crippen LogP) is -1.40. The van der Waals surface area contributed by atoms with Crippen LogP contribution in [0, 0.1) is 0 Å². The zero-order valence-electron chi connectivity index (χ0n) is 20.7. The van der Waals surface area contributed by atoms with Gasteiger partial charge in [0.05, 0.1) is 12.5 Å². The molecule has 11 N–H and O–H groups in total. The number of aromatic amines is 1. The van der Waals surface area contributed by atoms with Crippen molar-refractivity contribution in [3.8, 4) is 0 Å². The molecule has 0 spiro atoms. The SMILES string of the molecule is CC(NC(=O)C(CC(N)=O)NC(=O)C(Cc1c[nH]c2ccccc12)NC(=O)C(N)CCCCN)C(=O)O. The van der Waals surface area contributed by atoms with Crippen LogP contribution in [0.15, 0.2) is 30.5 Å². The molecule has 1 heterocycles. The minimum absolute atomic E-state index is 0.0492. The summed E-state index contributed by atoms with van der Waals surface area (Å²) in [5.74, 6) is -4.42. The number of hydrogen-bond acceptors (Lipinski definition) is 7. The summed E-state index contributed by atoms with van der Waals surface area (Å²) in [6, 6.07) is 2.63. The Morgan fingerprint density at radius 2 is 1.62 bits per heavy atom. The fourth-order valence-electron chi connectivity index (χ4n) is 3.71. The van der Waals surface area contributed by atoms with Gasteiger partial charge in [-0.2, -0.15) is 0 Å². The molecule has 4 amide bonds. The molecular weight excluding hydrogens is 482 g/mol. The first kappa shape index (κ1) is 29.3. The lowest BCUT2D eigenvalue weighted by atomic mass is 10.0. The number of carbonyl (C=O) groups excluding carboxylic acids is 4. The number of aliphatic carboxylic acids is 1. The van der Waals surface area contributed by atoms with Crippen LogP contribution in [0.25, 0.3) is 10.9 Å². The molecule has 0 saturated carbocycles. The van der Waals surface area contributed by atoms with E-state index in [1.54, 1.807) is 6.20 Å². The summed E-state index contributed by atoms with van der Waals surface area (Å²) in [6.07, 6.45) is 2.88. The van der Waals surface area contributed by atoms with Gasteiger partial charge in [0.2, 0.25) is 23.6 Å². The van der Waals surface area contributed by atoms with Crippen molar-refractivity contribution in [3.63, 3.8) is 0 Å². The zero-order valence-corrected chi connectivity index (χ0v) is 20.7. The molecule has 4 atom stereocenters. The molecule has 0 aliphatic heterocycles. The predicted molar refractivity (Wildman–Crippen MR) is 136 cm³/mol. The molecule has 13 heteroatoms. The number of para-hydroxylation sites is 1. The van der Waals surface area contributed by atoms with E-state index in [1.165, 1.54) is 6.92 Å². The van der Waals surface area contributed by atoms with Gasteiger partial charge in [0.1, 0.15) is 18.1 Å². The summed E-state index contributed by atoms with van der Waals surface area (Å²) in [6.45, 7) is 1.69. The highest BCUT2D eigenvalue weighted by Crippen LogP contribution is 2.19. The number of fused-ring (bicyclic) bond motifs is 1. The minimum Gasteiger partial charge on any atom is -0.480 e. The van der Waals surface area contributed by atoms with E-state index in [0.717, 1.165) is 16.5 Å². The van der Waals surface area contributed by atoms with Crippen LogP contribution in [0.3, 0.4) is 0 Å². The van der Waals surface area contributed by atoms with E-state index in [9.17, 15) is 24.0 Å². The number of amides is 4.